The Balaban J connectivity index is 2.17. The molecule has 1 rings (SSSR count). The first-order valence-corrected chi connectivity index (χ1v) is 8.47. The molecule has 0 saturated carbocycles. The maximum Gasteiger partial charge on any atom is 0.524 e. The quantitative estimate of drug-likeness (QED) is 0.358. The average molecular weight is 328 g/mol. The smallest absolute Gasteiger partial charge is 0.469 e. The van der Waals surface area contributed by atoms with Crippen LogP contribution in [-0.4, -0.2) is 31.4 Å². The molecule has 1 heterocycles. The molecule has 0 atom stereocenters. The van der Waals surface area contributed by atoms with Crippen molar-refractivity contribution in [1.82, 2.24) is 0 Å². The Bertz CT molecular complexity index is 405. The van der Waals surface area contributed by atoms with Gasteiger partial charge in [-0.25, -0.2) is 4.39 Å². The highest BCUT2D eigenvalue weighted by atomic mass is 19.1. The molecule has 0 radical (unpaired) electrons. The lowest BCUT2D eigenvalue weighted by atomic mass is 9.87. The third-order valence-corrected chi connectivity index (χ3v) is 4.63. The zero-order chi connectivity index (χ0) is 17.5. The Labute approximate surface area is 139 Å². The van der Waals surface area contributed by atoms with Crippen LogP contribution in [0.5, 0.6) is 0 Å². The Kier molecular flexibility index (Phi) is 7.75. The molecule has 0 N–H and O–H groups in total. The number of hydrogen-bond donors (Lipinski definition) is 0. The molecule has 0 aromatic heterocycles. The summed E-state index contributed by atoms with van der Waals surface area (Å²) in [7, 11) is 0.517. The van der Waals surface area contributed by atoms with Crippen LogP contribution in [0.1, 0.15) is 72.6 Å². The number of esters is 1. The van der Waals surface area contributed by atoms with Crippen molar-refractivity contribution in [3.63, 3.8) is 0 Å². The van der Waals surface area contributed by atoms with Crippen LogP contribution in [0.4, 0.5) is 4.39 Å². The van der Waals surface area contributed by atoms with E-state index in [1.807, 2.05) is 27.7 Å². The number of carbonyl (C=O) groups excluding carboxylic acids is 1. The van der Waals surface area contributed by atoms with Crippen LogP contribution in [0.15, 0.2) is 11.8 Å². The summed E-state index contributed by atoms with van der Waals surface area (Å²) < 4.78 is 30.0. The monoisotopic (exact) mass is 328 g/mol. The van der Waals surface area contributed by atoms with E-state index in [0.29, 0.717) is 12.8 Å². The molecule has 4 nitrogen and oxygen atoms in total. The van der Waals surface area contributed by atoms with Crippen molar-refractivity contribution in [2.24, 2.45) is 0 Å². The number of methoxy groups -OCH3 is 1. The van der Waals surface area contributed by atoms with E-state index in [1.165, 1.54) is 7.11 Å². The first-order valence-electron chi connectivity index (χ1n) is 8.47. The lowest BCUT2D eigenvalue weighted by Gasteiger charge is -2.32. The van der Waals surface area contributed by atoms with E-state index < -0.39 is 18.3 Å². The number of unbranched alkanes of at least 4 members (excludes halogenated alkanes) is 5. The van der Waals surface area contributed by atoms with Gasteiger partial charge in [-0.3, -0.25) is 4.79 Å². The molecule has 0 bridgehead atoms. The number of carbonyl (C=O) groups is 1. The Hall–Kier alpha value is -0.875. The predicted octanol–water partition coefficient (Wildman–Crippen LogP) is 4.37. The van der Waals surface area contributed by atoms with Crippen molar-refractivity contribution in [1.29, 1.82) is 0 Å². The molecule has 0 amide bonds. The van der Waals surface area contributed by atoms with Gasteiger partial charge in [-0.2, -0.15) is 0 Å². The highest BCUT2D eigenvalue weighted by Gasteiger charge is 2.52. The third kappa shape index (κ3) is 6.26. The van der Waals surface area contributed by atoms with Gasteiger partial charge in [-0.05, 0) is 47.0 Å². The van der Waals surface area contributed by atoms with Gasteiger partial charge in [0.05, 0.1) is 18.3 Å². The molecule has 1 fully saturated rings. The van der Waals surface area contributed by atoms with Crippen molar-refractivity contribution >= 4 is 13.1 Å². The molecule has 6 heteroatoms. The van der Waals surface area contributed by atoms with Crippen molar-refractivity contribution in [2.45, 2.75) is 83.8 Å². The second-order valence-corrected chi connectivity index (χ2v) is 7.06. The molecule has 23 heavy (non-hydrogen) atoms. The van der Waals surface area contributed by atoms with Crippen LogP contribution in [-0.2, 0) is 18.8 Å². The molecule has 132 valence electrons. The summed E-state index contributed by atoms with van der Waals surface area (Å²) in [6.07, 6.45) is 7.56. The maximum absolute atomic E-state index is 14.1. The topological polar surface area (TPSA) is 44.8 Å². The minimum atomic E-state index is -0.889. The molecule has 0 aliphatic carbocycles. The van der Waals surface area contributed by atoms with Gasteiger partial charge < -0.3 is 14.0 Å². The van der Waals surface area contributed by atoms with E-state index in [-0.39, 0.29) is 11.7 Å². The fourth-order valence-electron chi connectivity index (χ4n) is 2.34. The van der Waals surface area contributed by atoms with Gasteiger partial charge in [0, 0.05) is 6.42 Å². The zero-order valence-electron chi connectivity index (χ0n) is 15.1. The van der Waals surface area contributed by atoms with Gasteiger partial charge in [0.15, 0.2) is 0 Å². The fraction of sp³-hybridized carbons (Fsp3) is 0.824. The van der Waals surface area contributed by atoms with E-state index in [9.17, 15) is 9.18 Å². The molecule has 0 aromatic carbocycles. The summed E-state index contributed by atoms with van der Waals surface area (Å²) in [5, 5.41) is 0. The Morgan fingerprint density at radius 2 is 1.57 bits per heavy atom. The largest absolute Gasteiger partial charge is 0.524 e. The van der Waals surface area contributed by atoms with Crippen molar-refractivity contribution in [3.05, 3.63) is 11.8 Å². The van der Waals surface area contributed by atoms with Crippen LogP contribution in [0, 0.1) is 0 Å². The van der Waals surface area contributed by atoms with Crippen molar-refractivity contribution in [3.8, 4) is 0 Å². The molecule has 0 unspecified atom stereocenters. The van der Waals surface area contributed by atoms with Gasteiger partial charge in [-0.15, -0.1) is 0 Å². The molecule has 0 aromatic rings. The second-order valence-electron chi connectivity index (χ2n) is 7.06. The minimum Gasteiger partial charge on any atom is -0.469 e. The first-order chi connectivity index (χ1) is 10.7. The second kappa shape index (κ2) is 8.83. The molecule has 1 aliphatic rings. The van der Waals surface area contributed by atoms with Crippen LogP contribution >= 0.6 is 0 Å². The Morgan fingerprint density at radius 1 is 1.04 bits per heavy atom. The summed E-state index contributed by atoms with van der Waals surface area (Å²) >= 11 is 0. The maximum atomic E-state index is 14.1. The van der Waals surface area contributed by atoms with Gasteiger partial charge >= 0.3 is 13.1 Å². The predicted molar refractivity (Wildman–Crippen MR) is 89.6 cm³/mol. The van der Waals surface area contributed by atoms with E-state index >= 15 is 0 Å². The minimum absolute atomic E-state index is 0.155. The highest BCUT2D eigenvalue weighted by molar-refractivity contribution is 6.53. The molecule has 1 saturated heterocycles. The molecular formula is C17H30BFO4. The van der Waals surface area contributed by atoms with Crippen LogP contribution in [0.25, 0.3) is 0 Å². The van der Waals surface area contributed by atoms with Gasteiger partial charge in [0.25, 0.3) is 0 Å². The number of rotatable bonds is 9. The van der Waals surface area contributed by atoms with Crippen LogP contribution < -0.4 is 0 Å². The molecule has 0 spiro atoms. The number of hydrogen-bond acceptors (Lipinski definition) is 4. The van der Waals surface area contributed by atoms with E-state index in [0.717, 1.165) is 32.1 Å². The number of halogens is 1. The fourth-order valence-corrected chi connectivity index (χ4v) is 2.34. The van der Waals surface area contributed by atoms with Crippen molar-refractivity contribution < 1.29 is 23.2 Å². The average Bonchev–Trinajstić information content (AvgIpc) is 2.69. The summed E-state index contributed by atoms with van der Waals surface area (Å²) in [5.74, 6) is -0.155. The highest BCUT2D eigenvalue weighted by Crippen LogP contribution is 2.38. The standard InChI is InChI=1S/C17H30BFO4/c1-16(2)17(3,4)23-18(22-16)14(19)12-10-8-6-7-9-11-13-15(20)21-5/h12H,6-11,13H2,1-5H3/b14-12-. The van der Waals surface area contributed by atoms with E-state index in [2.05, 4.69) is 4.74 Å². The normalized spacial score (nSPS) is 19.9. The lowest BCUT2D eigenvalue weighted by Crippen LogP contribution is -2.41. The van der Waals surface area contributed by atoms with Gasteiger partial charge in [0.2, 0.25) is 0 Å². The van der Waals surface area contributed by atoms with E-state index in [1.54, 1.807) is 6.08 Å². The lowest BCUT2D eigenvalue weighted by molar-refractivity contribution is -0.140. The van der Waals surface area contributed by atoms with E-state index in [4.69, 9.17) is 9.31 Å². The van der Waals surface area contributed by atoms with Gasteiger partial charge in [-0.1, -0.05) is 25.3 Å². The summed E-state index contributed by atoms with van der Waals surface area (Å²) in [5.41, 5.74) is -1.36. The summed E-state index contributed by atoms with van der Waals surface area (Å²) in [6, 6.07) is 0. The Morgan fingerprint density at radius 3 is 2.13 bits per heavy atom. The zero-order valence-corrected chi connectivity index (χ0v) is 15.1. The number of allylic oxidation sites excluding steroid dienone is 1. The molecule has 1 aliphatic heterocycles. The third-order valence-electron chi connectivity index (χ3n) is 4.63. The van der Waals surface area contributed by atoms with Crippen LogP contribution in [0.2, 0.25) is 0 Å². The van der Waals surface area contributed by atoms with Gasteiger partial charge in [0.1, 0.15) is 5.73 Å². The summed E-state index contributed by atoms with van der Waals surface area (Å²) in [4.78, 5) is 10.9. The first kappa shape index (κ1) is 20.2. The molecular weight excluding hydrogens is 298 g/mol. The number of ether oxygens (including phenoxy) is 1. The van der Waals surface area contributed by atoms with Crippen molar-refractivity contribution in [2.75, 3.05) is 7.11 Å². The summed E-state index contributed by atoms with van der Waals surface area (Å²) in [6.45, 7) is 7.65. The van der Waals surface area contributed by atoms with Crippen LogP contribution in [0.3, 0.4) is 0 Å². The SMILES string of the molecule is COC(=O)CCCCCCC/C=C(\F)B1OC(C)(C)C(C)(C)O1.